The standard InChI is InChI=1S/C20H22ClNO3/c1-14(2)12-18(20(24)25-13-15-6-4-3-5-7-15)22-19(23)16-8-10-17(21)11-9-16/h3-11,14,18H,12-13H2,1-2H3,(H,22,23)/t18-/m1/s1. The maximum Gasteiger partial charge on any atom is 0.328 e. The van der Waals surface area contributed by atoms with Crippen LogP contribution in [0.4, 0.5) is 0 Å². The Kier molecular flexibility index (Phi) is 7.02. The molecular formula is C20H22ClNO3. The molecule has 0 aliphatic heterocycles. The molecule has 132 valence electrons. The van der Waals surface area contributed by atoms with Crippen molar-refractivity contribution in [3.8, 4) is 0 Å². The maximum atomic E-state index is 12.4. The molecule has 1 N–H and O–H groups in total. The first-order chi connectivity index (χ1) is 12.0. The number of amides is 1. The van der Waals surface area contributed by atoms with E-state index >= 15 is 0 Å². The van der Waals surface area contributed by atoms with E-state index in [9.17, 15) is 9.59 Å². The van der Waals surface area contributed by atoms with Crippen molar-refractivity contribution < 1.29 is 14.3 Å². The van der Waals surface area contributed by atoms with Gasteiger partial charge < -0.3 is 10.1 Å². The summed E-state index contributed by atoms with van der Waals surface area (Å²) < 4.78 is 5.37. The molecule has 5 heteroatoms. The Hall–Kier alpha value is -2.33. The number of ether oxygens (including phenoxy) is 1. The minimum Gasteiger partial charge on any atom is -0.459 e. The molecule has 0 aliphatic carbocycles. The van der Waals surface area contributed by atoms with Crippen molar-refractivity contribution in [2.75, 3.05) is 0 Å². The lowest BCUT2D eigenvalue weighted by molar-refractivity contribution is -0.147. The molecule has 4 nitrogen and oxygen atoms in total. The van der Waals surface area contributed by atoms with Gasteiger partial charge in [0.1, 0.15) is 12.6 Å². The predicted octanol–water partition coefficient (Wildman–Crippen LogP) is 4.23. The molecule has 25 heavy (non-hydrogen) atoms. The summed E-state index contributed by atoms with van der Waals surface area (Å²) in [6.07, 6.45) is 0.507. The van der Waals surface area contributed by atoms with E-state index in [0.717, 1.165) is 5.56 Å². The molecule has 2 aromatic rings. The Labute approximate surface area is 153 Å². The molecule has 1 atom stereocenters. The van der Waals surface area contributed by atoms with Crippen molar-refractivity contribution in [3.63, 3.8) is 0 Å². The van der Waals surface area contributed by atoms with Crippen LogP contribution in [0.3, 0.4) is 0 Å². The van der Waals surface area contributed by atoms with E-state index in [4.69, 9.17) is 16.3 Å². The van der Waals surface area contributed by atoms with Gasteiger partial charge in [-0.05, 0) is 42.2 Å². The Morgan fingerprint density at radius 2 is 1.68 bits per heavy atom. The Balaban J connectivity index is 2.00. The van der Waals surface area contributed by atoms with Gasteiger partial charge in [-0.25, -0.2) is 4.79 Å². The highest BCUT2D eigenvalue weighted by atomic mass is 35.5. The second-order valence-corrected chi connectivity index (χ2v) is 6.69. The molecule has 2 rings (SSSR count). The molecule has 1 amide bonds. The average Bonchev–Trinajstić information content (AvgIpc) is 2.60. The van der Waals surface area contributed by atoms with Gasteiger partial charge in [0, 0.05) is 10.6 Å². The van der Waals surface area contributed by atoms with Crippen LogP contribution in [0.15, 0.2) is 54.6 Å². The fourth-order valence-corrected chi connectivity index (χ4v) is 2.48. The van der Waals surface area contributed by atoms with Crippen LogP contribution in [0.1, 0.15) is 36.2 Å². The summed E-state index contributed by atoms with van der Waals surface area (Å²) in [6.45, 7) is 4.17. The number of halogens is 1. The van der Waals surface area contributed by atoms with Gasteiger partial charge in [-0.1, -0.05) is 55.8 Å². The van der Waals surface area contributed by atoms with E-state index in [-0.39, 0.29) is 18.4 Å². The van der Waals surface area contributed by atoms with Gasteiger partial charge >= 0.3 is 5.97 Å². The highest BCUT2D eigenvalue weighted by molar-refractivity contribution is 6.30. The van der Waals surface area contributed by atoms with Crippen LogP contribution in [0.25, 0.3) is 0 Å². The second kappa shape index (κ2) is 9.23. The van der Waals surface area contributed by atoms with E-state index in [0.29, 0.717) is 17.0 Å². The molecule has 0 bridgehead atoms. The SMILES string of the molecule is CC(C)C[C@@H](NC(=O)c1ccc(Cl)cc1)C(=O)OCc1ccccc1. The third kappa shape index (κ3) is 6.24. The monoisotopic (exact) mass is 359 g/mol. The number of hydrogen-bond acceptors (Lipinski definition) is 3. The fourth-order valence-electron chi connectivity index (χ4n) is 2.36. The summed E-state index contributed by atoms with van der Waals surface area (Å²) in [7, 11) is 0. The van der Waals surface area contributed by atoms with Gasteiger partial charge in [0.2, 0.25) is 0 Å². The summed E-state index contributed by atoms with van der Waals surface area (Å²) in [5.74, 6) is -0.515. The molecule has 2 aromatic carbocycles. The van der Waals surface area contributed by atoms with Gasteiger partial charge in [-0.3, -0.25) is 4.79 Å². The van der Waals surface area contributed by atoms with E-state index in [2.05, 4.69) is 5.32 Å². The number of carbonyl (C=O) groups excluding carboxylic acids is 2. The normalized spacial score (nSPS) is 11.8. The first kappa shape index (κ1) is 19.0. The molecule has 0 fully saturated rings. The van der Waals surface area contributed by atoms with Gasteiger partial charge in [0.05, 0.1) is 0 Å². The highest BCUT2D eigenvalue weighted by Gasteiger charge is 2.24. The van der Waals surface area contributed by atoms with Crippen LogP contribution in [-0.4, -0.2) is 17.9 Å². The van der Waals surface area contributed by atoms with E-state index in [1.807, 2.05) is 44.2 Å². The molecule has 0 aliphatic rings. The van der Waals surface area contributed by atoms with Gasteiger partial charge in [0.15, 0.2) is 0 Å². The average molecular weight is 360 g/mol. The molecule has 0 aromatic heterocycles. The summed E-state index contributed by atoms with van der Waals surface area (Å²) >= 11 is 5.84. The third-order valence-corrected chi connectivity index (χ3v) is 3.88. The number of rotatable bonds is 7. The number of esters is 1. The molecular weight excluding hydrogens is 338 g/mol. The summed E-state index contributed by atoms with van der Waals surface area (Å²) in [5, 5.41) is 3.32. The second-order valence-electron chi connectivity index (χ2n) is 6.26. The quantitative estimate of drug-likeness (QED) is 0.753. The van der Waals surface area contributed by atoms with Crippen LogP contribution in [0.2, 0.25) is 5.02 Å². The highest BCUT2D eigenvalue weighted by Crippen LogP contribution is 2.12. The molecule has 0 saturated carbocycles. The zero-order valence-corrected chi connectivity index (χ0v) is 15.1. The molecule has 0 heterocycles. The summed E-state index contributed by atoms with van der Waals surface area (Å²) in [4.78, 5) is 24.8. The minimum atomic E-state index is -0.688. The molecule has 0 spiro atoms. The van der Waals surface area contributed by atoms with Crippen molar-refractivity contribution in [2.24, 2.45) is 5.92 Å². The number of nitrogens with one attached hydrogen (secondary N) is 1. The van der Waals surface area contributed by atoms with Gasteiger partial charge in [-0.2, -0.15) is 0 Å². The number of carbonyl (C=O) groups is 2. The predicted molar refractivity (Wildman–Crippen MR) is 98.4 cm³/mol. The van der Waals surface area contributed by atoms with Crippen molar-refractivity contribution in [3.05, 3.63) is 70.7 Å². The molecule has 0 saturated heterocycles. The van der Waals surface area contributed by atoms with Crippen molar-refractivity contribution >= 4 is 23.5 Å². The first-order valence-electron chi connectivity index (χ1n) is 8.22. The summed E-state index contributed by atoms with van der Waals surface area (Å²) in [6, 6.07) is 15.3. The zero-order chi connectivity index (χ0) is 18.2. The van der Waals surface area contributed by atoms with Gasteiger partial charge in [0.25, 0.3) is 5.91 Å². The lowest BCUT2D eigenvalue weighted by atomic mass is 10.0. The Morgan fingerprint density at radius 1 is 1.04 bits per heavy atom. The first-order valence-corrected chi connectivity index (χ1v) is 8.60. The van der Waals surface area contributed by atoms with Crippen LogP contribution in [0.5, 0.6) is 0 Å². The molecule has 0 unspecified atom stereocenters. The largest absolute Gasteiger partial charge is 0.459 e. The van der Waals surface area contributed by atoms with E-state index < -0.39 is 12.0 Å². The number of hydrogen-bond donors (Lipinski definition) is 1. The van der Waals surface area contributed by atoms with Gasteiger partial charge in [-0.15, -0.1) is 0 Å². The third-order valence-electron chi connectivity index (χ3n) is 3.63. The maximum absolute atomic E-state index is 12.4. The van der Waals surface area contributed by atoms with Crippen molar-refractivity contribution in [1.82, 2.24) is 5.32 Å². The van der Waals surface area contributed by atoms with Crippen molar-refractivity contribution in [1.29, 1.82) is 0 Å². The lowest BCUT2D eigenvalue weighted by Crippen LogP contribution is -2.42. The minimum absolute atomic E-state index is 0.186. The van der Waals surface area contributed by atoms with Crippen LogP contribution < -0.4 is 5.32 Å². The molecule has 0 radical (unpaired) electrons. The van der Waals surface area contributed by atoms with Crippen molar-refractivity contribution in [2.45, 2.75) is 32.9 Å². The van der Waals surface area contributed by atoms with E-state index in [1.54, 1.807) is 24.3 Å². The lowest BCUT2D eigenvalue weighted by Gasteiger charge is -2.19. The Morgan fingerprint density at radius 3 is 2.28 bits per heavy atom. The smallest absolute Gasteiger partial charge is 0.328 e. The number of benzene rings is 2. The zero-order valence-electron chi connectivity index (χ0n) is 14.4. The van der Waals surface area contributed by atoms with Crippen LogP contribution in [-0.2, 0) is 16.1 Å². The fraction of sp³-hybridized carbons (Fsp3) is 0.300. The summed E-state index contributed by atoms with van der Waals surface area (Å²) in [5.41, 5.74) is 1.36. The van der Waals surface area contributed by atoms with Crippen LogP contribution >= 0.6 is 11.6 Å². The topological polar surface area (TPSA) is 55.4 Å². The van der Waals surface area contributed by atoms with E-state index in [1.165, 1.54) is 0 Å². The van der Waals surface area contributed by atoms with Crippen LogP contribution in [0, 0.1) is 5.92 Å². The Bertz CT molecular complexity index is 699.